The maximum atomic E-state index is 6.33. The van der Waals surface area contributed by atoms with Crippen molar-refractivity contribution in [2.75, 3.05) is 7.11 Å². The quantitative estimate of drug-likeness (QED) is 0.786. The highest BCUT2D eigenvalue weighted by Gasteiger charge is 2.12. The predicted octanol–water partition coefficient (Wildman–Crippen LogP) is 3.32. The van der Waals surface area contributed by atoms with E-state index in [1.54, 1.807) is 18.4 Å². The Bertz CT molecular complexity index is 706. The fraction of sp³-hybridized carbons (Fsp3) is 0.188. The number of thiophene rings is 1. The Hall–Kier alpha value is -2.11. The van der Waals surface area contributed by atoms with Gasteiger partial charge in [0.1, 0.15) is 11.6 Å². The van der Waals surface area contributed by atoms with Crippen LogP contribution in [0.5, 0.6) is 5.75 Å². The lowest BCUT2D eigenvalue weighted by atomic mass is 10.1. The first kappa shape index (κ1) is 13.9. The van der Waals surface area contributed by atoms with Gasteiger partial charge in [-0.15, -0.1) is 11.3 Å². The van der Waals surface area contributed by atoms with Gasteiger partial charge in [0.2, 0.25) is 0 Å². The molecule has 2 heterocycles. The Labute approximate surface area is 127 Å². The molecule has 2 N–H and O–H groups in total. The minimum Gasteiger partial charge on any atom is -0.497 e. The first-order valence-electron chi connectivity index (χ1n) is 6.72. The summed E-state index contributed by atoms with van der Waals surface area (Å²) in [5, 5.41) is 2.05. The van der Waals surface area contributed by atoms with Gasteiger partial charge >= 0.3 is 0 Å². The van der Waals surface area contributed by atoms with Crippen LogP contribution >= 0.6 is 11.3 Å². The molecule has 0 aliphatic carbocycles. The fourth-order valence-electron chi connectivity index (χ4n) is 2.28. The lowest BCUT2D eigenvalue weighted by Crippen LogP contribution is -2.17. The molecule has 4 nitrogen and oxygen atoms in total. The van der Waals surface area contributed by atoms with Crippen LogP contribution in [0.25, 0.3) is 10.7 Å². The zero-order valence-electron chi connectivity index (χ0n) is 11.8. The Morgan fingerprint density at radius 1 is 1.33 bits per heavy atom. The van der Waals surface area contributed by atoms with Crippen LogP contribution in [0.3, 0.4) is 0 Å². The van der Waals surface area contributed by atoms with Crippen LogP contribution in [0.15, 0.2) is 54.2 Å². The lowest BCUT2D eigenvalue weighted by molar-refractivity contribution is 0.413. The van der Waals surface area contributed by atoms with Crippen molar-refractivity contribution < 1.29 is 4.74 Å². The second kappa shape index (κ2) is 6.11. The Balaban J connectivity index is 1.82. The first-order valence-corrected chi connectivity index (χ1v) is 7.60. The number of ether oxygens (including phenoxy) is 1. The molecule has 0 aliphatic heterocycles. The summed E-state index contributed by atoms with van der Waals surface area (Å²) in [5.41, 5.74) is 7.39. The molecule has 1 aromatic carbocycles. The Morgan fingerprint density at radius 2 is 2.24 bits per heavy atom. The number of imidazole rings is 1. The summed E-state index contributed by atoms with van der Waals surface area (Å²) in [6.45, 7) is 0.681. The summed E-state index contributed by atoms with van der Waals surface area (Å²) in [5.74, 6) is 1.79. The molecule has 5 heteroatoms. The van der Waals surface area contributed by atoms with Gasteiger partial charge in [0, 0.05) is 25.0 Å². The Morgan fingerprint density at radius 3 is 3.00 bits per heavy atom. The zero-order valence-corrected chi connectivity index (χ0v) is 12.6. The number of rotatable bonds is 5. The molecular weight excluding hydrogens is 282 g/mol. The molecule has 108 valence electrons. The van der Waals surface area contributed by atoms with E-state index in [9.17, 15) is 0 Å². The van der Waals surface area contributed by atoms with Gasteiger partial charge in [-0.3, -0.25) is 0 Å². The van der Waals surface area contributed by atoms with Crippen molar-refractivity contribution in [3.05, 3.63) is 59.7 Å². The molecule has 1 unspecified atom stereocenters. The van der Waals surface area contributed by atoms with Crippen LogP contribution in [-0.4, -0.2) is 16.7 Å². The molecule has 0 amide bonds. The third-order valence-corrected chi connectivity index (χ3v) is 4.24. The largest absolute Gasteiger partial charge is 0.497 e. The molecule has 3 rings (SSSR count). The highest BCUT2D eigenvalue weighted by molar-refractivity contribution is 7.13. The number of aromatic nitrogens is 2. The molecule has 0 spiro atoms. The van der Waals surface area contributed by atoms with Crippen LogP contribution < -0.4 is 10.5 Å². The number of nitrogens with two attached hydrogens (primary N) is 1. The molecule has 21 heavy (non-hydrogen) atoms. The van der Waals surface area contributed by atoms with Crippen molar-refractivity contribution in [1.29, 1.82) is 0 Å². The molecular formula is C16H17N3OS. The van der Waals surface area contributed by atoms with Gasteiger partial charge in [-0.2, -0.15) is 0 Å². The van der Waals surface area contributed by atoms with Crippen LogP contribution in [0.1, 0.15) is 11.6 Å². The molecule has 2 aromatic heterocycles. The normalized spacial score (nSPS) is 12.3. The van der Waals surface area contributed by atoms with E-state index in [2.05, 4.69) is 21.0 Å². The second-order valence-electron chi connectivity index (χ2n) is 4.76. The van der Waals surface area contributed by atoms with Gasteiger partial charge in [-0.1, -0.05) is 18.2 Å². The third kappa shape index (κ3) is 2.99. The number of benzene rings is 1. The molecule has 0 aliphatic rings. The molecule has 1 atom stereocenters. The highest BCUT2D eigenvalue weighted by Crippen LogP contribution is 2.25. The van der Waals surface area contributed by atoms with Crippen molar-refractivity contribution in [3.63, 3.8) is 0 Å². The Kier molecular flexibility index (Phi) is 4.03. The summed E-state index contributed by atoms with van der Waals surface area (Å²) >= 11 is 1.68. The highest BCUT2D eigenvalue weighted by atomic mass is 32.1. The van der Waals surface area contributed by atoms with Crippen LogP contribution in [0.2, 0.25) is 0 Å². The van der Waals surface area contributed by atoms with Crippen LogP contribution in [0.4, 0.5) is 0 Å². The van der Waals surface area contributed by atoms with Crippen LogP contribution in [0, 0.1) is 0 Å². The summed E-state index contributed by atoms with van der Waals surface area (Å²) < 4.78 is 7.34. The van der Waals surface area contributed by atoms with Gasteiger partial charge < -0.3 is 15.0 Å². The van der Waals surface area contributed by atoms with E-state index >= 15 is 0 Å². The second-order valence-corrected chi connectivity index (χ2v) is 5.71. The summed E-state index contributed by atoms with van der Waals surface area (Å²) in [4.78, 5) is 5.58. The number of methoxy groups -OCH3 is 1. The van der Waals surface area contributed by atoms with E-state index in [-0.39, 0.29) is 6.04 Å². The van der Waals surface area contributed by atoms with E-state index in [1.807, 2.05) is 42.7 Å². The molecule has 0 fully saturated rings. The predicted molar refractivity (Wildman–Crippen MR) is 85.5 cm³/mol. The van der Waals surface area contributed by atoms with E-state index in [0.717, 1.165) is 22.0 Å². The van der Waals surface area contributed by atoms with Gasteiger partial charge in [-0.25, -0.2) is 4.98 Å². The maximum Gasteiger partial charge on any atom is 0.150 e. The molecule has 0 bridgehead atoms. The minimum absolute atomic E-state index is 0.104. The zero-order chi connectivity index (χ0) is 14.7. The average molecular weight is 299 g/mol. The number of nitrogens with zero attached hydrogens (tertiary/aromatic N) is 2. The van der Waals surface area contributed by atoms with Crippen LogP contribution in [-0.2, 0) is 6.54 Å². The van der Waals surface area contributed by atoms with Crippen molar-refractivity contribution >= 4 is 11.3 Å². The van der Waals surface area contributed by atoms with Gasteiger partial charge in [0.15, 0.2) is 0 Å². The number of hydrogen-bond acceptors (Lipinski definition) is 4. The third-order valence-electron chi connectivity index (χ3n) is 3.37. The first-order chi connectivity index (χ1) is 10.3. The standard InChI is InChI=1S/C16H17N3OS/c1-20-13-5-2-4-12(10-13)14(17)11-19-8-7-18-16(19)15-6-3-9-21-15/h2-10,14H,11,17H2,1H3. The van der Waals surface area contributed by atoms with E-state index < -0.39 is 0 Å². The van der Waals surface area contributed by atoms with Gasteiger partial charge in [0.25, 0.3) is 0 Å². The molecule has 3 aromatic rings. The van der Waals surface area contributed by atoms with Gasteiger partial charge in [-0.05, 0) is 29.1 Å². The van der Waals surface area contributed by atoms with E-state index in [1.165, 1.54) is 0 Å². The average Bonchev–Trinajstić information content (AvgIpc) is 3.18. The summed E-state index contributed by atoms with van der Waals surface area (Å²) in [7, 11) is 1.66. The maximum absolute atomic E-state index is 6.33. The van der Waals surface area contributed by atoms with Crippen molar-refractivity contribution in [2.24, 2.45) is 5.73 Å². The van der Waals surface area contributed by atoms with Crippen molar-refractivity contribution in [1.82, 2.24) is 9.55 Å². The monoisotopic (exact) mass is 299 g/mol. The molecule has 0 saturated heterocycles. The van der Waals surface area contributed by atoms with E-state index in [4.69, 9.17) is 10.5 Å². The van der Waals surface area contributed by atoms with Crippen molar-refractivity contribution in [2.45, 2.75) is 12.6 Å². The SMILES string of the molecule is COc1cccc(C(N)Cn2ccnc2-c2cccs2)c1. The van der Waals surface area contributed by atoms with E-state index in [0.29, 0.717) is 6.54 Å². The lowest BCUT2D eigenvalue weighted by Gasteiger charge is -2.15. The topological polar surface area (TPSA) is 53.1 Å². The van der Waals surface area contributed by atoms with Gasteiger partial charge in [0.05, 0.1) is 12.0 Å². The fourth-order valence-corrected chi connectivity index (χ4v) is 3.01. The number of hydrogen-bond donors (Lipinski definition) is 1. The minimum atomic E-state index is -0.104. The molecule has 0 radical (unpaired) electrons. The smallest absolute Gasteiger partial charge is 0.150 e. The molecule has 0 saturated carbocycles. The van der Waals surface area contributed by atoms with Crippen molar-refractivity contribution in [3.8, 4) is 16.5 Å². The summed E-state index contributed by atoms with van der Waals surface area (Å²) in [6.07, 6.45) is 3.78. The summed E-state index contributed by atoms with van der Waals surface area (Å²) in [6, 6.07) is 11.9.